The highest BCUT2D eigenvalue weighted by molar-refractivity contribution is 7.19. The SMILES string of the molecule is COc1ccc(-c2nn3cc(CCN)nc3s2)cc1. The third kappa shape index (κ3) is 2.32. The van der Waals surface area contributed by atoms with E-state index >= 15 is 0 Å². The van der Waals surface area contributed by atoms with Crippen LogP contribution in [-0.2, 0) is 6.42 Å². The van der Waals surface area contributed by atoms with Gasteiger partial charge in [-0.3, -0.25) is 0 Å². The number of imidazole rings is 1. The molecule has 2 N–H and O–H groups in total. The smallest absolute Gasteiger partial charge is 0.212 e. The molecule has 0 bridgehead atoms. The third-order valence-electron chi connectivity index (χ3n) is 2.83. The van der Waals surface area contributed by atoms with Crippen LogP contribution < -0.4 is 10.5 Å². The fourth-order valence-corrected chi connectivity index (χ4v) is 2.77. The van der Waals surface area contributed by atoms with Crippen molar-refractivity contribution in [2.45, 2.75) is 6.42 Å². The lowest BCUT2D eigenvalue weighted by molar-refractivity contribution is 0.415. The van der Waals surface area contributed by atoms with Crippen molar-refractivity contribution in [1.82, 2.24) is 14.6 Å². The van der Waals surface area contributed by atoms with Crippen LogP contribution in [0, 0.1) is 0 Å². The third-order valence-corrected chi connectivity index (χ3v) is 3.80. The Bertz CT molecular complexity index is 655. The second-order valence-electron chi connectivity index (χ2n) is 4.13. The molecule has 3 rings (SSSR count). The summed E-state index contributed by atoms with van der Waals surface area (Å²) in [5.74, 6) is 0.843. The molecule has 0 spiro atoms. The van der Waals surface area contributed by atoms with Crippen LogP contribution in [0.5, 0.6) is 5.75 Å². The summed E-state index contributed by atoms with van der Waals surface area (Å²) in [5, 5.41) is 5.48. The molecule has 0 unspecified atom stereocenters. The van der Waals surface area contributed by atoms with Gasteiger partial charge in [0.15, 0.2) is 0 Å². The first-order valence-corrected chi connectivity index (χ1v) is 6.81. The van der Waals surface area contributed by atoms with Gasteiger partial charge in [0.1, 0.15) is 10.8 Å². The number of benzene rings is 1. The van der Waals surface area contributed by atoms with Crippen LogP contribution in [0.4, 0.5) is 0 Å². The molecule has 0 saturated heterocycles. The van der Waals surface area contributed by atoms with Gasteiger partial charge < -0.3 is 10.5 Å². The molecule has 98 valence electrons. The molecular weight excluding hydrogens is 260 g/mol. The zero-order valence-corrected chi connectivity index (χ0v) is 11.4. The minimum absolute atomic E-state index is 0.607. The summed E-state index contributed by atoms with van der Waals surface area (Å²) in [4.78, 5) is 5.39. The molecule has 2 heterocycles. The first-order valence-electron chi connectivity index (χ1n) is 6.00. The van der Waals surface area contributed by atoms with E-state index in [4.69, 9.17) is 10.5 Å². The predicted octanol–water partition coefficient (Wildman–Crippen LogP) is 1.97. The molecular formula is C13H14N4OS. The van der Waals surface area contributed by atoms with Crippen molar-refractivity contribution in [3.63, 3.8) is 0 Å². The van der Waals surface area contributed by atoms with Crippen molar-refractivity contribution >= 4 is 16.3 Å². The van der Waals surface area contributed by atoms with Gasteiger partial charge in [-0.2, -0.15) is 5.10 Å². The van der Waals surface area contributed by atoms with Crippen molar-refractivity contribution in [3.8, 4) is 16.3 Å². The summed E-state index contributed by atoms with van der Waals surface area (Å²) < 4.78 is 6.96. The standard InChI is InChI=1S/C13H14N4OS/c1-18-11-4-2-9(3-5-11)12-16-17-8-10(6-7-14)15-13(17)19-12/h2-5,8H,6-7,14H2,1H3. The van der Waals surface area contributed by atoms with Gasteiger partial charge in [0.2, 0.25) is 4.96 Å². The molecule has 2 aromatic heterocycles. The first-order chi connectivity index (χ1) is 9.30. The monoisotopic (exact) mass is 274 g/mol. The van der Waals surface area contributed by atoms with Gasteiger partial charge in [0.25, 0.3) is 0 Å². The molecule has 0 atom stereocenters. The number of rotatable bonds is 4. The van der Waals surface area contributed by atoms with E-state index in [1.807, 2.05) is 35.0 Å². The van der Waals surface area contributed by atoms with E-state index in [9.17, 15) is 0 Å². The number of hydrogen-bond acceptors (Lipinski definition) is 5. The maximum Gasteiger partial charge on any atom is 0.212 e. The average molecular weight is 274 g/mol. The van der Waals surface area contributed by atoms with E-state index in [1.54, 1.807) is 18.4 Å². The Morgan fingerprint density at radius 3 is 2.74 bits per heavy atom. The number of hydrogen-bond donors (Lipinski definition) is 1. The van der Waals surface area contributed by atoms with Gasteiger partial charge in [-0.25, -0.2) is 9.50 Å². The normalized spacial score (nSPS) is 11.1. The van der Waals surface area contributed by atoms with Gasteiger partial charge >= 0.3 is 0 Å². The van der Waals surface area contributed by atoms with E-state index < -0.39 is 0 Å². The van der Waals surface area contributed by atoms with E-state index in [0.29, 0.717) is 6.54 Å². The second-order valence-corrected chi connectivity index (χ2v) is 5.09. The van der Waals surface area contributed by atoms with Crippen molar-refractivity contribution in [3.05, 3.63) is 36.2 Å². The highest BCUT2D eigenvalue weighted by Crippen LogP contribution is 2.27. The highest BCUT2D eigenvalue weighted by atomic mass is 32.1. The van der Waals surface area contributed by atoms with Crippen molar-refractivity contribution in [2.24, 2.45) is 5.73 Å². The molecule has 19 heavy (non-hydrogen) atoms. The zero-order valence-electron chi connectivity index (χ0n) is 10.5. The van der Waals surface area contributed by atoms with Gasteiger partial charge in [0, 0.05) is 12.0 Å². The summed E-state index contributed by atoms with van der Waals surface area (Å²) in [6.07, 6.45) is 2.72. The summed E-state index contributed by atoms with van der Waals surface area (Å²) in [5.41, 5.74) is 7.58. The van der Waals surface area contributed by atoms with Crippen LogP contribution in [0.25, 0.3) is 15.5 Å². The van der Waals surface area contributed by atoms with Gasteiger partial charge in [0.05, 0.1) is 19.0 Å². The summed E-state index contributed by atoms with van der Waals surface area (Å²) in [6.45, 7) is 0.607. The fourth-order valence-electron chi connectivity index (χ4n) is 1.86. The van der Waals surface area contributed by atoms with Crippen molar-refractivity contribution in [2.75, 3.05) is 13.7 Å². The van der Waals surface area contributed by atoms with Crippen LogP contribution in [-0.4, -0.2) is 28.3 Å². The molecule has 0 amide bonds. The topological polar surface area (TPSA) is 65.4 Å². The minimum atomic E-state index is 0.607. The molecule has 0 aliphatic heterocycles. The first kappa shape index (κ1) is 12.1. The molecule has 0 saturated carbocycles. The Labute approximate surface area is 114 Å². The molecule has 3 aromatic rings. The maximum absolute atomic E-state index is 5.52. The lowest BCUT2D eigenvalue weighted by Crippen LogP contribution is -2.02. The average Bonchev–Trinajstić information content (AvgIpc) is 2.97. The van der Waals surface area contributed by atoms with Crippen LogP contribution in [0.1, 0.15) is 5.69 Å². The Morgan fingerprint density at radius 1 is 1.32 bits per heavy atom. The second kappa shape index (κ2) is 4.99. The van der Waals surface area contributed by atoms with Crippen LogP contribution in [0.15, 0.2) is 30.5 Å². The lowest BCUT2D eigenvalue weighted by atomic mass is 10.2. The summed E-state index contributed by atoms with van der Waals surface area (Å²) >= 11 is 1.57. The van der Waals surface area contributed by atoms with Crippen LogP contribution in [0.2, 0.25) is 0 Å². The quantitative estimate of drug-likeness (QED) is 0.790. The highest BCUT2D eigenvalue weighted by Gasteiger charge is 2.09. The maximum atomic E-state index is 5.52. The van der Waals surface area contributed by atoms with E-state index in [2.05, 4.69) is 10.1 Å². The lowest BCUT2D eigenvalue weighted by Gasteiger charge is -1.99. The molecule has 0 aliphatic carbocycles. The summed E-state index contributed by atoms with van der Waals surface area (Å²) in [7, 11) is 1.66. The molecule has 5 nitrogen and oxygen atoms in total. The van der Waals surface area contributed by atoms with Crippen LogP contribution in [0.3, 0.4) is 0 Å². The number of nitrogens with two attached hydrogens (primary N) is 1. The van der Waals surface area contributed by atoms with Crippen molar-refractivity contribution in [1.29, 1.82) is 0 Å². The minimum Gasteiger partial charge on any atom is -0.497 e. The number of fused-ring (bicyclic) bond motifs is 1. The Kier molecular flexibility index (Phi) is 3.18. The largest absolute Gasteiger partial charge is 0.497 e. The fraction of sp³-hybridized carbons (Fsp3) is 0.231. The van der Waals surface area contributed by atoms with E-state index in [0.717, 1.165) is 33.4 Å². The zero-order chi connectivity index (χ0) is 13.2. The van der Waals surface area contributed by atoms with Crippen LogP contribution >= 0.6 is 11.3 Å². The molecule has 6 heteroatoms. The number of methoxy groups -OCH3 is 1. The van der Waals surface area contributed by atoms with Crippen molar-refractivity contribution < 1.29 is 4.74 Å². The molecule has 1 aromatic carbocycles. The molecule has 0 radical (unpaired) electrons. The molecule has 0 fully saturated rings. The Morgan fingerprint density at radius 2 is 2.11 bits per heavy atom. The van der Waals surface area contributed by atoms with E-state index in [1.165, 1.54) is 0 Å². The Balaban J connectivity index is 1.93. The Hall–Kier alpha value is -1.92. The van der Waals surface area contributed by atoms with E-state index in [-0.39, 0.29) is 0 Å². The predicted molar refractivity (Wildman–Crippen MR) is 75.6 cm³/mol. The summed E-state index contributed by atoms with van der Waals surface area (Å²) in [6, 6.07) is 7.86. The number of ether oxygens (including phenoxy) is 1. The van der Waals surface area contributed by atoms with Gasteiger partial charge in [-0.1, -0.05) is 11.3 Å². The van der Waals surface area contributed by atoms with Gasteiger partial charge in [-0.05, 0) is 30.8 Å². The number of nitrogens with zero attached hydrogens (tertiary/aromatic N) is 3. The molecule has 0 aliphatic rings. The van der Waals surface area contributed by atoms with Gasteiger partial charge in [-0.15, -0.1) is 0 Å². The number of aromatic nitrogens is 3.